The van der Waals surface area contributed by atoms with E-state index in [-0.39, 0.29) is 12.3 Å². The minimum Gasteiger partial charge on any atom is -0.325 e. The van der Waals surface area contributed by atoms with Crippen LogP contribution in [0.15, 0.2) is 52.0 Å². The monoisotopic (exact) mass is 387 g/mol. The Labute approximate surface area is 149 Å². The Morgan fingerprint density at radius 2 is 1.79 bits per heavy atom. The Balaban J connectivity index is 1.83. The van der Waals surface area contributed by atoms with Crippen molar-refractivity contribution in [2.45, 2.75) is 20.3 Å². The van der Waals surface area contributed by atoms with Crippen molar-refractivity contribution in [2.75, 3.05) is 5.32 Å². The quantitative estimate of drug-likeness (QED) is 0.467. The highest BCUT2D eigenvalue weighted by Crippen LogP contribution is 2.16. The van der Waals surface area contributed by atoms with Crippen molar-refractivity contribution in [3.05, 3.63) is 63.6 Å². The van der Waals surface area contributed by atoms with Gasteiger partial charge in [-0.1, -0.05) is 45.8 Å². The van der Waals surface area contributed by atoms with Crippen molar-refractivity contribution in [3.63, 3.8) is 0 Å². The minimum absolute atomic E-state index is 0.287. The van der Waals surface area contributed by atoms with Crippen molar-refractivity contribution in [1.82, 2.24) is 5.43 Å². The van der Waals surface area contributed by atoms with Crippen LogP contribution in [0.2, 0.25) is 0 Å². The number of rotatable bonds is 5. The summed E-state index contributed by atoms with van der Waals surface area (Å²) in [5, 5.41) is 6.57. The van der Waals surface area contributed by atoms with Crippen LogP contribution in [0.1, 0.15) is 23.1 Å². The third kappa shape index (κ3) is 5.62. The van der Waals surface area contributed by atoms with Crippen LogP contribution in [0.4, 0.5) is 5.69 Å². The van der Waals surface area contributed by atoms with Crippen LogP contribution >= 0.6 is 15.9 Å². The summed E-state index contributed by atoms with van der Waals surface area (Å²) in [6, 6.07) is 13.2. The highest BCUT2D eigenvalue weighted by Gasteiger charge is 2.10. The number of benzene rings is 2. The largest absolute Gasteiger partial charge is 0.325 e. The van der Waals surface area contributed by atoms with Crippen LogP contribution in [-0.2, 0) is 9.59 Å². The molecule has 0 radical (unpaired) electrons. The lowest BCUT2D eigenvalue weighted by atomic mass is 10.1. The number of aryl methyl sites for hydroxylation is 2. The zero-order valence-electron chi connectivity index (χ0n) is 13.5. The van der Waals surface area contributed by atoms with Gasteiger partial charge in [0.15, 0.2) is 0 Å². The summed E-state index contributed by atoms with van der Waals surface area (Å²) in [4.78, 5) is 23.6. The van der Waals surface area contributed by atoms with Crippen LogP contribution in [0.3, 0.4) is 0 Å². The van der Waals surface area contributed by atoms with Crippen LogP contribution in [0, 0.1) is 13.8 Å². The first-order chi connectivity index (χ1) is 11.4. The van der Waals surface area contributed by atoms with Gasteiger partial charge in [-0.2, -0.15) is 5.10 Å². The number of anilines is 1. The van der Waals surface area contributed by atoms with Gasteiger partial charge in [-0.25, -0.2) is 5.43 Å². The molecule has 24 heavy (non-hydrogen) atoms. The molecule has 2 aromatic rings. The standard InChI is InChI=1S/C18H18BrN3O2/c1-12-3-8-16(13(2)9-12)21-17(23)10-18(24)22-20-11-14-4-6-15(19)7-5-14/h3-9,11H,10H2,1-2H3,(H,21,23)(H,22,24). The molecule has 0 spiro atoms. The molecule has 0 unspecified atom stereocenters. The number of hydrogen-bond donors (Lipinski definition) is 2. The van der Waals surface area contributed by atoms with Gasteiger partial charge in [0.05, 0.1) is 6.21 Å². The lowest BCUT2D eigenvalue weighted by Gasteiger charge is -2.08. The predicted molar refractivity (Wildman–Crippen MR) is 99.0 cm³/mol. The average molecular weight is 388 g/mol. The average Bonchev–Trinajstić information content (AvgIpc) is 2.52. The van der Waals surface area contributed by atoms with Gasteiger partial charge in [0, 0.05) is 10.2 Å². The summed E-state index contributed by atoms with van der Waals surface area (Å²) < 4.78 is 0.965. The van der Waals surface area contributed by atoms with Crippen molar-refractivity contribution in [2.24, 2.45) is 5.10 Å². The summed E-state index contributed by atoms with van der Waals surface area (Å²) in [5.41, 5.74) is 5.97. The van der Waals surface area contributed by atoms with Crippen molar-refractivity contribution in [1.29, 1.82) is 0 Å². The summed E-state index contributed by atoms with van der Waals surface area (Å²) in [7, 11) is 0. The Bertz CT molecular complexity index is 770. The van der Waals surface area contributed by atoms with E-state index in [1.807, 2.05) is 56.3 Å². The van der Waals surface area contributed by atoms with Gasteiger partial charge in [0.1, 0.15) is 6.42 Å². The number of halogens is 1. The Kier molecular flexibility index (Phi) is 6.26. The minimum atomic E-state index is -0.467. The molecule has 0 bridgehead atoms. The highest BCUT2D eigenvalue weighted by atomic mass is 79.9. The van der Waals surface area contributed by atoms with Crippen molar-refractivity contribution >= 4 is 39.6 Å². The molecule has 0 aliphatic heterocycles. The fraction of sp³-hybridized carbons (Fsp3) is 0.167. The van der Waals surface area contributed by atoms with E-state index in [0.29, 0.717) is 5.69 Å². The second-order valence-corrected chi connectivity index (χ2v) is 6.30. The Hall–Kier alpha value is -2.47. The molecule has 0 saturated carbocycles. The molecule has 0 aromatic heterocycles. The fourth-order valence-corrected chi connectivity index (χ4v) is 2.33. The SMILES string of the molecule is Cc1ccc(NC(=O)CC(=O)NN=Cc2ccc(Br)cc2)c(C)c1. The van der Waals surface area contributed by atoms with E-state index in [1.165, 1.54) is 6.21 Å². The topological polar surface area (TPSA) is 70.6 Å². The molecule has 2 aromatic carbocycles. The molecule has 0 aliphatic rings. The summed E-state index contributed by atoms with van der Waals surface area (Å²) in [6.07, 6.45) is 1.23. The smallest absolute Gasteiger partial charge is 0.249 e. The summed E-state index contributed by atoms with van der Waals surface area (Å²) in [6.45, 7) is 3.89. The molecule has 2 N–H and O–H groups in total. The van der Waals surface area contributed by atoms with Gasteiger partial charge >= 0.3 is 0 Å². The normalized spacial score (nSPS) is 10.6. The van der Waals surface area contributed by atoms with Gasteiger partial charge in [-0.3, -0.25) is 9.59 Å². The molecule has 124 valence electrons. The van der Waals surface area contributed by atoms with E-state index in [1.54, 1.807) is 0 Å². The molecular weight excluding hydrogens is 370 g/mol. The van der Waals surface area contributed by atoms with Gasteiger partial charge in [-0.05, 0) is 43.2 Å². The van der Waals surface area contributed by atoms with Gasteiger partial charge in [0.25, 0.3) is 0 Å². The molecule has 0 atom stereocenters. The first kappa shape index (κ1) is 17.9. The van der Waals surface area contributed by atoms with Gasteiger partial charge in [0.2, 0.25) is 11.8 Å². The van der Waals surface area contributed by atoms with Crippen LogP contribution < -0.4 is 10.7 Å². The van der Waals surface area contributed by atoms with Crippen molar-refractivity contribution in [3.8, 4) is 0 Å². The zero-order chi connectivity index (χ0) is 17.5. The highest BCUT2D eigenvalue weighted by molar-refractivity contribution is 9.10. The maximum Gasteiger partial charge on any atom is 0.249 e. The van der Waals surface area contributed by atoms with Gasteiger partial charge in [-0.15, -0.1) is 0 Å². The second kappa shape index (κ2) is 8.40. The van der Waals surface area contributed by atoms with Crippen LogP contribution in [0.5, 0.6) is 0 Å². The third-order valence-corrected chi connectivity index (χ3v) is 3.78. The predicted octanol–water partition coefficient (Wildman–Crippen LogP) is 3.54. The first-order valence-electron chi connectivity index (χ1n) is 7.38. The van der Waals surface area contributed by atoms with E-state index >= 15 is 0 Å². The zero-order valence-corrected chi connectivity index (χ0v) is 15.1. The number of carbonyl (C=O) groups excluding carboxylic acids is 2. The number of nitrogens with zero attached hydrogens (tertiary/aromatic N) is 1. The van der Waals surface area contributed by atoms with Crippen LogP contribution in [-0.4, -0.2) is 18.0 Å². The van der Waals surface area contributed by atoms with E-state index in [0.717, 1.165) is 21.2 Å². The maximum atomic E-state index is 11.9. The van der Waals surface area contributed by atoms with E-state index in [4.69, 9.17) is 0 Å². The lowest BCUT2D eigenvalue weighted by molar-refractivity contribution is -0.126. The van der Waals surface area contributed by atoms with Crippen molar-refractivity contribution < 1.29 is 9.59 Å². The molecule has 6 heteroatoms. The molecule has 0 aliphatic carbocycles. The number of carbonyl (C=O) groups is 2. The number of hydrazone groups is 1. The molecule has 2 rings (SSSR count). The van der Waals surface area contributed by atoms with Gasteiger partial charge < -0.3 is 5.32 Å². The Morgan fingerprint density at radius 1 is 1.08 bits per heavy atom. The molecule has 5 nitrogen and oxygen atoms in total. The second-order valence-electron chi connectivity index (χ2n) is 5.39. The molecule has 0 saturated heterocycles. The molecular formula is C18H18BrN3O2. The van der Waals surface area contributed by atoms with E-state index in [2.05, 4.69) is 31.8 Å². The lowest BCUT2D eigenvalue weighted by Crippen LogP contribution is -2.24. The van der Waals surface area contributed by atoms with E-state index < -0.39 is 5.91 Å². The first-order valence-corrected chi connectivity index (χ1v) is 8.18. The number of nitrogens with one attached hydrogen (secondary N) is 2. The van der Waals surface area contributed by atoms with Crippen LogP contribution in [0.25, 0.3) is 0 Å². The summed E-state index contributed by atoms with van der Waals surface area (Å²) >= 11 is 3.34. The molecule has 0 fully saturated rings. The Morgan fingerprint density at radius 3 is 2.46 bits per heavy atom. The number of hydrogen-bond acceptors (Lipinski definition) is 3. The third-order valence-electron chi connectivity index (χ3n) is 3.25. The fourth-order valence-electron chi connectivity index (χ4n) is 2.06. The molecule has 2 amide bonds. The maximum absolute atomic E-state index is 11.9. The molecule has 0 heterocycles. The number of amides is 2. The van der Waals surface area contributed by atoms with E-state index in [9.17, 15) is 9.59 Å². The summed E-state index contributed by atoms with van der Waals surface area (Å²) in [5.74, 6) is -0.844.